The molecule has 0 saturated heterocycles. The molecule has 0 spiro atoms. The number of aromatic amines is 1. The molecule has 0 radical (unpaired) electrons. The normalized spacial score (nSPS) is 22.1. The second-order valence-corrected chi connectivity index (χ2v) is 6.18. The lowest BCUT2D eigenvalue weighted by Gasteiger charge is -2.43. The van der Waals surface area contributed by atoms with E-state index < -0.39 is 0 Å². The van der Waals surface area contributed by atoms with Crippen molar-refractivity contribution in [2.24, 2.45) is 0 Å². The number of benzene rings is 2. The number of methoxy groups -OCH3 is 1. The number of hydrogen-bond acceptors (Lipinski definition) is 1. The molecule has 1 aromatic heterocycles. The Bertz CT molecular complexity index is 861. The molecule has 2 atom stereocenters. The molecule has 104 valence electrons. The number of rotatable bonds is 1. The quantitative estimate of drug-likeness (QED) is 0.701. The summed E-state index contributed by atoms with van der Waals surface area (Å²) < 4.78 is 5.42. The highest BCUT2D eigenvalue weighted by molar-refractivity contribution is 5.88. The van der Waals surface area contributed by atoms with E-state index in [2.05, 4.69) is 41.4 Å². The Labute approximate surface area is 123 Å². The van der Waals surface area contributed by atoms with Gasteiger partial charge in [-0.05, 0) is 53.6 Å². The molecule has 0 saturated carbocycles. The largest absolute Gasteiger partial charge is 0.497 e. The fraction of sp³-hybridized carbons (Fsp3) is 0.263. The molecule has 0 fully saturated rings. The van der Waals surface area contributed by atoms with Crippen molar-refractivity contribution in [2.45, 2.75) is 24.7 Å². The van der Waals surface area contributed by atoms with Gasteiger partial charge in [0, 0.05) is 22.5 Å². The Morgan fingerprint density at radius 1 is 1.10 bits per heavy atom. The summed E-state index contributed by atoms with van der Waals surface area (Å²) >= 11 is 0. The van der Waals surface area contributed by atoms with E-state index in [1.807, 2.05) is 6.07 Å². The molecule has 2 nitrogen and oxygen atoms in total. The van der Waals surface area contributed by atoms with Crippen LogP contribution in [0.25, 0.3) is 10.9 Å². The van der Waals surface area contributed by atoms with Crippen LogP contribution in [0, 0.1) is 0 Å². The average molecular weight is 275 g/mol. The van der Waals surface area contributed by atoms with Crippen molar-refractivity contribution in [1.82, 2.24) is 4.98 Å². The SMILES string of the molecule is COc1ccc2[nH]c3c(c2c1)C1c2ccccc2C1CC3. The second kappa shape index (κ2) is 3.91. The fourth-order valence-electron chi connectivity index (χ4n) is 4.34. The first-order chi connectivity index (χ1) is 10.4. The summed E-state index contributed by atoms with van der Waals surface area (Å²) in [5.74, 6) is 2.23. The van der Waals surface area contributed by atoms with Crippen LogP contribution in [0.2, 0.25) is 0 Å². The van der Waals surface area contributed by atoms with Gasteiger partial charge in [-0.1, -0.05) is 24.3 Å². The van der Waals surface area contributed by atoms with Gasteiger partial charge in [-0.2, -0.15) is 0 Å². The first-order valence-corrected chi connectivity index (χ1v) is 7.64. The lowest BCUT2D eigenvalue weighted by atomic mass is 9.60. The Morgan fingerprint density at radius 2 is 1.95 bits per heavy atom. The Balaban J connectivity index is 1.77. The zero-order chi connectivity index (χ0) is 14.0. The Hall–Kier alpha value is -2.22. The molecule has 5 rings (SSSR count). The first-order valence-electron chi connectivity index (χ1n) is 7.64. The van der Waals surface area contributed by atoms with Crippen molar-refractivity contribution in [2.75, 3.05) is 7.11 Å². The van der Waals surface area contributed by atoms with Crippen LogP contribution < -0.4 is 4.74 Å². The van der Waals surface area contributed by atoms with Crippen molar-refractivity contribution >= 4 is 10.9 Å². The maximum Gasteiger partial charge on any atom is 0.119 e. The number of H-pyrrole nitrogens is 1. The van der Waals surface area contributed by atoms with Gasteiger partial charge < -0.3 is 9.72 Å². The van der Waals surface area contributed by atoms with E-state index in [-0.39, 0.29) is 0 Å². The van der Waals surface area contributed by atoms with Gasteiger partial charge in [0.2, 0.25) is 0 Å². The van der Waals surface area contributed by atoms with Gasteiger partial charge in [0.15, 0.2) is 0 Å². The molecular weight excluding hydrogens is 258 g/mol. The van der Waals surface area contributed by atoms with Crippen LogP contribution in [0.5, 0.6) is 5.75 Å². The molecule has 0 aliphatic heterocycles. The molecule has 21 heavy (non-hydrogen) atoms. The van der Waals surface area contributed by atoms with E-state index in [0.717, 1.165) is 12.2 Å². The van der Waals surface area contributed by atoms with E-state index in [0.29, 0.717) is 11.8 Å². The highest BCUT2D eigenvalue weighted by Crippen LogP contribution is 2.57. The molecule has 2 aromatic carbocycles. The van der Waals surface area contributed by atoms with Crippen molar-refractivity contribution < 1.29 is 4.74 Å². The molecular formula is C19H17NO. The summed E-state index contributed by atoms with van der Waals surface area (Å²) in [5.41, 5.74) is 7.26. The summed E-state index contributed by atoms with van der Waals surface area (Å²) in [6.07, 6.45) is 2.42. The van der Waals surface area contributed by atoms with E-state index in [1.54, 1.807) is 12.7 Å². The number of hydrogen-bond donors (Lipinski definition) is 1. The van der Waals surface area contributed by atoms with Gasteiger partial charge in [-0.25, -0.2) is 0 Å². The van der Waals surface area contributed by atoms with Crippen LogP contribution in [0.3, 0.4) is 0 Å². The number of nitrogens with one attached hydrogen (secondary N) is 1. The van der Waals surface area contributed by atoms with Crippen LogP contribution >= 0.6 is 0 Å². The molecule has 2 aliphatic rings. The second-order valence-electron chi connectivity index (χ2n) is 6.18. The third-order valence-electron chi connectivity index (χ3n) is 5.28. The molecule has 2 aliphatic carbocycles. The van der Waals surface area contributed by atoms with Crippen LogP contribution in [0.15, 0.2) is 42.5 Å². The topological polar surface area (TPSA) is 25.0 Å². The Morgan fingerprint density at radius 3 is 2.81 bits per heavy atom. The highest BCUT2D eigenvalue weighted by atomic mass is 16.5. The number of aromatic nitrogens is 1. The van der Waals surface area contributed by atoms with Crippen molar-refractivity contribution in [3.8, 4) is 5.75 Å². The van der Waals surface area contributed by atoms with E-state index in [9.17, 15) is 0 Å². The molecule has 2 unspecified atom stereocenters. The van der Waals surface area contributed by atoms with Gasteiger partial charge in [0.1, 0.15) is 5.75 Å². The predicted octanol–water partition coefficient (Wildman–Crippen LogP) is 4.35. The lowest BCUT2D eigenvalue weighted by Crippen LogP contribution is -2.29. The number of aryl methyl sites for hydroxylation is 1. The van der Waals surface area contributed by atoms with Crippen LogP contribution in [-0.4, -0.2) is 12.1 Å². The standard InChI is InChI=1S/C19H17NO/c1-21-11-6-8-16-15(10-11)19-17(20-16)9-7-14-12-4-2-3-5-13(12)18(14)19/h2-6,8,10,14,18,20H,7,9H2,1H3. The molecule has 0 bridgehead atoms. The number of ether oxygens (including phenoxy) is 1. The van der Waals surface area contributed by atoms with Crippen molar-refractivity contribution in [1.29, 1.82) is 0 Å². The molecule has 0 amide bonds. The van der Waals surface area contributed by atoms with Gasteiger partial charge in [-0.15, -0.1) is 0 Å². The van der Waals surface area contributed by atoms with E-state index in [4.69, 9.17) is 4.74 Å². The van der Waals surface area contributed by atoms with Crippen LogP contribution in [0.4, 0.5) is 0 Å². The minimum absolute atomic E-state index is 0.575. The highest BCUT2D eigenvalue weighted by Gasteiger charge is 2.43. The fourth-order valence-corrected chi connectivity index (χ4v) is 4.34. The first kappa shape index (κ1) is 11.4. The monoisotopic (exact) mass is 275 g/mol. The molecule has 1 N–H and O–H groups in total. The van der Waals surface area contributed by atoms with E-state index in [1.165, 1.54) is 34.1 Å². The summed E-state index contributed by atoms with van der Waals surface area (Å²) in [4.78, 5) is 3.63. The summed E-state index contributed by atoms with van der Waals surface area (Å²) in [6.45, 7) is 0. The smallest absolute Gasteiger partial charge is 0.119 e. The average Bonchev–Trinajstić information content (AvgIpc) is 2.88. The maximum absolute atomic E-state index is 5.42. The van der Waals surface area contributed by atoms with Gasteiger partial charge in [0.05, 0.1) is 7.11 Å². The van der Waals surface area contributed by atoms with E-state index >= 15 is 0 Å². The third kappa shape index (κ3) is 1.37. The number of fused-ring (bicyclic) bond motifs is 8. The summed E-state index contributed by atoms with van der Waals surface area (Å²) in [5, 5.41) is 1.34. The van der Waals surface area contributed by atoms with Gasteiger partial charge >= 0.3 is 0 Å². The van der Waals surface area contributed by atoms with Crippen molar-refractivity contribution in [3.05, 3.63) is 64.8 Å². The molecule has 2 heteroatoms. The zero-order valence-corrected chi connectivity index (χ0v) is 12.0. The maximum atomic E-state index is 5.42. The summed E-state index contributed by atoms with van der Waals surface area (Å²) in [6, 6.07) is 15.3. The Kier molecular flexibility index (Phi) is 2.13. The minimum Gasteiger partial charge on any atom is -0.497 e. The minimum atomic E-state index is 0.575. The third-order valence-corrected chi connectivity index (χ3v) is 5.28. The van der Waals surface area contributed by atoms with Crippen LogP contribution in [0.1, 0.15) is 40.6 Å². The summed E-state index contributed by atoms with van der Waals surface area (Å²) in [7, 11) is 1.74. The van der Waals surface area contributed by atoms with Gasteiger partial charge in [-0.3, -0.25) is 0 Å². The molecule has 3 aromatic rings. The lowest BCUT2D eigenvalue weighted by molar-refractivity contribution is 0.415. The van der Waals surface area contributed by atoms with Crippen molar-refractivity contribution in [3.63, 3.8) is 0 Å². The van der Waals surface area contributed by atoms with Crippen LogP contribution in [-0.2, 0) is 6.42 Å². The predicted molar refractivity (Wildman–Crippen MR) is 84.2 cm³/mol. The molecule has 1 heterocycles. The van der Waals surface area contributed by atoms with Gasteiger partial charge in [0.25, 0.3) is 0 Å². The zero-order valence-electron chi connectivity index (χ0n) is 12.0.